The van der Waals surface area contributed by atoms with Gasteiger partial charge in [0.25, 0.3) is 0 Å². The number of fused-ring (bicyclic) bond motifs is 2. The lowest BCUT2D eigenvalue weighted by atomic mass is 9.64. The number of amides is 1. The van der Waals surface area contributed by atoms with E-state index >= 15 is 0 Å². The van der Waals surface area contributed by atoms with Crippen molar-refractivity contribution in [3.8, 4) is 0 Å². The Morgan fingerprint density at radius 3 is 2.33 bits per heavy atom. The third-order valence-electron chi connectivity index (χ3n) is 6.13. The van der Waals surface area contributed by atoms with Crippen LogP contribution in [0.2, 0.25) is 0 Å². The Morgan fingerprint density at radius 2 is 1.94 bits per heavy atom. The number of rotatable bonds is 3. The van der Waals surface area contributed by atoms with Crippen LogP contribution in [0.25, 0.3) is 0 Å². The lowest BCUT2D eigenvalue weighted by Crippen LogP contribution is -2.49. The monoisotopic (exact) mass is 251 g/mol. The molecule has 0 aromatic carbocycles. The molecule has 1 amide bonds. The first kappa shape index (κ1) is 13.6. The third kappa shape index (κ3) is 1.36. The summed E-state index contributed by atoms with van der Waals surface area (Å²) in [6.45, 7) is 10.3. The van der Waals surface area contributed by atoms with Gasteiger partial charge in [-0.25, -0.2) is 0 Å². The molecule has 0 aromatic heterocycles. The van der Waals surface area contributed by atoms with Crippen LogP contribution in [0.1, 0.15) is 60.3 Å². The molecular weight excluding hydrogens is 226 g/mol. The first-order valence-corrected chi connectivity index (χ1v) is 7.05. The first-order valence-electron chi connectivity index (χ1n) is 7.05. The normalized spacial score (nSPS) is 38.8. The highest BCUT2D eigenvalue weighted by atomic mass is 16.2. The fourth-order valence-electron chi connectivity index (χ4n) is 3.82. The molecule has 0 saturated heterocycles. The van der Waals surface area contributed by atoms with Crippen molar-refractivity contribution in [2.45, 2.75) is 66.3 Å². The van der Waals surface area contributed by atoms with E-state index in [9.17, 15) is 9.59 Å². The van der Waals surface area contributed by atoms with Gasteiger partial charge in [-0.05, 0) is 31.6 Å². The van der Waals surface area contributed by atoms with Crippen molar-refractivity contribution in [3.63, 3.8) is 0 Å². The summed E-state index contributed by atoms with van der Waals surface area (Å²) in [4.78, 5) is 24.9. The van der Waals surface area contributed by atoms with Gasteiger partial charge < -0.3 is 5.32 Å². The average molecular weight is 251 g/mol. The molecule has 18 heavy (non-hydrogen) atoms. The van der Waals surface area contributed by atoms with Crippen LogP contribution < -0.4 is 5.32 Å². The first-order chi connectivity index (χ1) is 8.21. The van der Waals surface area contributed by atoms with E-state index in [-0.39, 0.29) is 28.6 Å². The second-order valence-corrected chi connectivity index (χ2v) is 6.92. The van der Waals surface area contributed by atoms with Crippen molar-refractivity contribution in [1.29, 1.82) is 0 Å². The molecule has 3 atom stereocenters. The highest BCUT2D eigenvalue weighted by molar-refractivity contribution is 5.99. The van der Waals surface area contributed by atoms with Crippen LogP contribution in [0.4, 0.5) is 0 Å². The van der Waals surface area contributed by atoms with Crippen molar-refractivity contribution in [2.75, 3.05) is 0 Å². The third-order valence-corrected chi connectivity index (χ3v) is 6.13. The molecule has 0 radical (unpaired) electrons. The van der Waals surface area contributed by atoms with E-state index in [2.05, 4.69) is 26.1 Å². The molecule has 0 aliphatic heterocycles. The number of hydrogen-bond acceptors (Lipinski definition) is 2. The van der Waals surface area contributed by atoms with Crippen LogP contribution in [0.3, 0.4) is 0 Å². The van der Waals surface area contributed by atoms with Crippen molar-refractivity contribution >= 4 is 11.7 Å². The minimum Gasteiger partial charge on any atom is -0.353 e. The number of Topliss-reactive ketones (excluding diaryl/α,β-unsaturated/α-hetero) is 1. The number of carbonyl (C=O) groups excluding carboxylic acids is 2. The quantitative estimate of drug-likeness (QED) is 0.838. The molecule has 0 spiro atoms. The number of nitrogens with one attached hydrogen (secondary N) is 1. The van der Waals surface area contributed by atoms with Gasteiger partial charge in [0.05, 0.1) is 5.41 Å². The summed E-state index contributed by atoms with van der Waals surface area (Å²) in [5, 5.41) is 3.09. The van der Waals surface area contributed by atoms with Gasteiger partial charge in [0, 0.05) is 17.9 Å². The zero-order valence-electron chi connectivity index (χ0n) is 12.2. The Balaban J connectivity index is 2.33. The van der Waals surface area contributed by atoms with Crippen LogP contribution in [-0.4, -0.2) is 17.7 Å². The van der Waals surface area contributed by atoms with E-state index in [0.29, 0.717) is 6.42 Å². The van der Waals surface area contributed by atoms with E-state index in [4.69, 9.17) is 0 Å². The van der Waals surface area contributed by atoms with Crippen LogP contribution in [0.15, 0.2) is 0 Å². The fraction of sp³-hybridized carbons (Fsp3) is 0.867. The summed E-state index contributed by atoms with van der Waals surface area (Å²) in [6, 6.07) is 0.185. The van der Waals surface area contributed by atoms with Gasteiger partial charge in [-0.15, -0.1) is 0 Å². The average Bonchev–Trinajstić information content (AvgIpc) is 2.59. The summed E-state index contributed by atoms with van der Waals surface area (Å²) in [5.41, 5.74) is -1.00. The minimum absolute atomic E-state index is 0.0939. The molecule has 102 valence electrons. The van der Waals surface area contributed by atoms with Gasteiger partial charge in [-0.2, -0.15) is 0 Å². The molecule has 2 aliphatic carbocycles. The molecular formula is C15H25NO2. The van der Waals surface area contributed by atoms with Crippen molar-refractivity contribution in [3.05, 3.63) is 0 Å². The molecule has 2 fully saturated rings. The molecule has 3 heteroatoms. The molecule has 2 aliphatic rings. The highest BCUT2D eigenvalue weighted by Gasteiger charge is 2.72. The number of hydrogen-bond donors (Lipinski definition) is 1. The predicted octanol–water partition coefficient (Wildman–Crippen LogP) is 2.69. The maximum absolute atomic E-state index is 12.6. The van der Waals surface area contributed by atoms with E-state index < -0.39 is 5.41 Å². The highest BCUT2D eigenvalue weighted by Crippen LogP contribution is 2.70. The summed E-state index contributed by atoms with van der Waals surface area (Å²) in [7, 11) is 0. The van der Waals surface area contributed by atoms with Crippen LogP contribution in [0, 0.1) is 16.2 Å². The van der Waals surface area contributed by atoms with Crippen LogP contribution in [0.5, 0.6) is 0 Å². The van der Waals surface area contributed by atoms with Gasteiger partial charge in [0.1, 0.15) is 5.78 Å². The SMILES string of the molecule is CC[C@H](C)NC(=O)[C@@]12CC[C@](C)(C(=O)C1)C2(C)C. The molecule has 3 nitrogen and oxygen atoms in total. The lowest BCUT2D eigenvalue weighted by molar-refractivity contribution is -0.137. The molecule has 0 unspecified atom stereocenters. The Kier molecular flexibility index (Phi) is 2.88. The van der Waals surface area contributed by atoms with E-state index in [1.165, 1.54) is 0 Å². The standard InChI is InChI=1S/C15H25NO2/c1-6-10(2)16-12(18)15-8-7-14(5,11(17)9-15)13(15,3)4/h10H,6-9H2,1-5H3,(H,16,18)/t10-,14+,15+/m0/s1. The topological polar surface area (TPSA) is 46.2 Å². The van der Waals surface area contributed by atoms with Crippen LogP contribution in [-0.2, 0) is 9.59 Å². The largest absolute Gasteiger partial charge is 0.353 e. The second kappa shape index (κ2) is 3.82. The molecule has 2 saturated carbocycles. The molecule has 1 N–H and O–H groups in total. The number of ketones is 1. The lowest BCUT2D eigenvalue weighted by Gasteiger charge is -2.39. The zero-order chi connectivity index (χ0) is 13.8. The summed E-state index contributed by atoms with van der Waals surface area (Å²) in [6.07, 6.45) is 3.06. The Labute approximate surface area is 110 Å². The van der Waals surface area contributed by atoms with Gasteiger partial charge in [-0.1, -0.05) is 27.7 Å². The van der Waals surface area contributed by atoms with E-state index in [1.807, 2.05) is 13.8 Å². The van der Waals surface area contributed by atoms with Gasteiger partial charge in [-0.3, -0.25) is 9.59 Å². The smallest absolute Gasteiger partial charge is 0.227 e. The molecule has 0 aromatic rings. The summed E-state index contributed by atoms with van der Waals surface area (Å²) >= 11 is 0. The van der Waals surface area contributed by atoms with Crippen LogP contribution >= 0.6 is 0 Å². The summed E-state index contributed by atoms with van der Waals surface area (Å²) in [5.74, 6) is 0.370. The summed E-state index contributed by atoms with van der Waals surface area (Å²) < 4.78 is 0. The van der Waals surface area contributed by atoms with Gasteiger partial charge in [0.2, 0.25) is 5.91 Å². The fourth-order valence-corrected chi connectivity index (χ4v) is 3.82. The Bertz CT molecular complexity index is 401. The van der Waals surface area contributed by atoms with Gasteiger partial charge >= 0.3 is 0 Å². The predicted molar refractivity (Wildman–Crippen MR) is 71.1 cm³/mol. The number of carbonyl (C=O) groups is 2. The van der Waals surface area contributed by atoms with Crippen molar-refractivity contribution in [1.82, 2.24) is 5.32 Å². The van der Waals surface area contributed by atoms with E-state index in [0.717, 1.165) is 19.3 Å². The zero-order valence-corrected chi connectivity index (χ0v) is 12.2. The Morgan fingerprint density at radius 1 is 1.33 bits per heavy atom. The van der Waals surface area contributed by atoms with Crippen molar-refractivity contribution in [2.24, 2.45) is 16.2 Å². The molecule has 0 heterocycles. The van der Waals surface area contributed by atoms with Crippen molar-refractivity contribution < 1.29 is 9.59 Å². The maximum atomic E-state index is 12.6. The Hall–Kier alpha value is -0.860. The molecule has 2 bridgehead atoms. The second-order valence-electron chi connectivity index (χ2n) is 6.92. The molecule has 2 rings (SSSR count). The minimum atomic E-state index is -0.470. The van der Waals surface area contributed by atoms with E-state index in [1.54, 1.807) is 0 Å². The van der Waals surface area contributed by atoms with Gasteiger partial charge in [0.15, 0.2) is 0 Å². The maximum Gasteiger partial charge on any atom is 0.227 e.